The number of ether oxygens (including phenoxy) is 4. The van der Waals surface area contributed by atoms with Crippen LogP contribution in [-0.4, -0.2) is 56.1 Å². The van der Waals surface area contributed by atoms with Crippen LogP contribution in [0.4, 0.5) is 4.79 Å². The van der Waals surface area contributed by atoms with Crippen LogP contribution in [0.15, 0.2) is 22.1 Å². The van der Waals surface area contributed by atoms with Gasteiger partial charge in [0.25, 0.3) is 0 Å². The van der Waals surface area contributed by atoms with E-state index in [1.165, 1.54) is 0 Å². The number of rotatable bonds is 5. The summed E-state index contributed by atoms with van der Waals surface area (Å²) in [4.78, 5) is 33.0. The van der Waals surface area contributed by atoms with Crippen molar-refractivity contribution in [3.05, 3.63) is 26.8 Å². The zero-order valence-electron chi connectivity index (χ0n) is 18.9. The normalized spacial score (nSPS) is 18.7. The van der Waals surface area contributed by atoms with Gasteiger partial charge in [-0.25, -0.2) is 14.8 Å². The van der Waals surface area contributed by atoms with Crippen molar-refractivity contribution in [3.63, 3.8) is 0 Å². The third-order valence-electron chi connectivity index (χ3n) is 4.44. The van der Waals surface area contributed by atoms with Crippen molar-refractivity contribution in [2.75, 3.05) is 14.2 Å². The van der Waals surface area contributed by atoms with Crippen molar-refractivity contribution in [1.82, 2.24) is 0 Å². The molecule has 0 aromatic heterocycles. The van der Waals surface area contributed by atoms with Crippen LogP contribution in [0.2, 0.25) is 0 Å². The summed E-state index contributed by atoms with van der Waals surface area (Å²) in [6.07, 6.45) is 0.217. The van der Waals surface area contributed by atoms with Gasteiger partial charge in [0.15, 0.2) is 6.29 Å². The molecule has 0 saturated heterocycles. The summed E-state index contributed by atoms with van der Waals surface area (Å²) < 4.78 is 22.2. The highest BCUT2D eigenvalue weighted by Crippen LogP contribution is 2.28. The molecule has 2 rings (SSSR count). The second-order valence-electron chi connectivity index (χ2n) is 8.42. The monoisotopic (exact) mass is 544 g/mol. The summed E-state index contributed by atoms with van der Waals surface area (Å²) in [5.74, 6) is 1.41. The van der Waals surface area contributed by atoms with Crippen molar-refractivity contribution >= 4 is 46.8 Å². The smallest absolute Gasteiger partial charge is 0.483 e. The second-order valence-corrected chi connectivity index (χ2v) is 9.58. The molecule has 1 heterocycles. The molecule has 1 aliphatic rings. The predicted octanol–water partition coefficient (Wildman–Crippen LogP) is 4.46. The highest BCUT2D eigenvalue weighted by molar-refractivity contribution is 14.1. The number of methoxy groups -OCH3 is 2. The van der Waals surface area contributed by atoms with Crippen molar-refractivity contribution in [2.45, 2.75) is 58.7 Å². The first kappa shape index (κ1) is 25.1. The molecule has 1 aliphatic heterocycles. The Hall–Kier alpha value is -2.17. The molecule has 1 aromatic rings. The van der Waals surface area contributed by atoms with Gasteiger partial charge in [-0.2, -0.15) is 0 Å². The van der Waals surface area contributed by atoms with Crippen LogP contribution in [0.5, 0.6) is 5.75 Å². The fraction of sp³-hybridized carbons (Fsp3) is 0.545. The Morgan fingerprint density at radius 1 is 1.16 bits per heavy atom. The molecular formula is C22H29IN2O6. The maximum absolute atomic E-state index is 12.0. The third kappa shape index (κ3) is 6.65. The minimum absolute atomic E-state index is 0.141. The number of benzene rings is 1. The topological polar surface area (TPSA) is 95.8 Å². The van der Waals surface area contributed by atoms with E-state index in [9.17, 15) is 9.59 Å². The molecule has 0 spiro atoms. The van der Waals surface area contributed by atoms with E-state index in [4.69, 9.17) is 23.9 Å². The summed E-state index contributed by atoms with van der Waals surface area (Å²) >= 11 is 2.13. The van der Waals surface area contributed by atoms with Gasteiger partial charge in [-0.15, -0.1) is 0 Å². The lowest BCUT2D eigenvalue weighted by Crippen LogP contribution is -2.38. The maximum atomic E-state index is 12.0. The minimum atomic E-state index is -0.866. The van der Waals surface area contributed by atoms with E-state index in [0.29, 0.717) is 24.5 Å². The molecule has 0 aliphatic carbocycles. The van der Waals surface area contributed by atoms with Gasteiger partial charge in [-0.1, -0.05) is 13.8 Å². The van der Waals surface area contributed by atoms with Crippen LogP contribution in [0.3, 0.4) is 0 Å². The van der Waals surface area contributed by atoms with Crippen LogP contribution in [0.1, 0.15) is 50.5 Å². The largest absolute Gasteiger partial charge is 0.514 e. The Labute approximate surface area is 196 Å². The van der Waals surface area contributed by atoms with Crippen molar-refractivity contribution in [2.24, 2.45) is 15.9 Å². The molecule has 0 amide bonds. The molecule has 0 unspecified atom stereocenters. The first-order valence-electron chi connectivity index (χ1n) is 9.90. The number of aliphatic imine (C=N–C) groups is 2. The van der Waals surface area contributed by atoms with Crippen LogP contribution >= 0.6 is 22.6 Å². The van der Waals surface area contributed by atoms with E-state index >= 15 is 0 Å². The summed E-state index contributed by atoms with van der Waals surface area (Å²) in [7, 11) is 3.14. The molecule has 0 fully saturated rings. The van der Waals surface area contributed by atoms with Crippen LogP contribution < -0.4 is 4.74 Å². The number of aldehydes is 1. The van der Waals surface area contributed by atoms with E-state index in [0.717, 1.165) is 9.13 Å². The fourth-order valence-corrected chi connectivity index (χ4v) is 3.68. The van der Waals surface area contributed by atoms with Gasteiger partial charge in [-0.3, -0.25) is 4.79 Å². The lowest BCUT2D eigenvalue weighted by atomic mass is 9.99. The maximum Gasteiger partial charge on any atom is 0.514 e. The molecule has 170 valence electrons. The summed E-state index contributed by atoms with van der Waals surface area (Å²) in [5, 5.41) is 0. The van der Waals surface area contributed by atoms with Gasteiger partial charge < -0.3 is 18.9 Å². The van der Waals surface area contributed by atoms with Crippen molar-refractivity contribution < 1.29 is 28.5 Å². The van der Waals surface area contributed by atoms with E-state index < -0.39 is 11.8 Å². The van der Waals surface area contributed by atoms with E-state index in [-0.39, 0.29) is 29.3 Å². The molecule has 0 saturated carbocycles. The number of nitrogens with zero attached hydrogens (tertiary/aromatic N) is 2. The standard InChI is InChI=1S/C22H29IN2O6/c1-12(2)18-20(29-7)24-16(19(25-18)28-6)9-13-8-14(11-26)17(10-15(13)23)30-21(27)31-22(3,4)5/h8,10-12,16,18H,9H2,1-7H3/t16-,18+/m1/s1. The van der Waals surface area contributed by atoms with E-state index in [1.807, 2.05) is 13.8 Å². The number of carbonyl (C=O) groups is 2. The van der Waals surface area contributed by atoms with Gasteiger partial charge in [0.1, 0.15) is 23.4 Å². The third-order valence-corrected chi connectivity index (χ3v) is 5.44. The summed E-state index contributed by atoms with van der Waals surface area (Å²) in [6.45, 7) is 9.29. The zero-order valence-corrected chi connectivity index (χ0v) is 21.1. The predicted molar refractivity (Wildman–Crippen MR) is 126 cm³/mol. The first-order chi connectivity index (χ1) is 14.5. The average molecular weight is 544 g/mol. The molecule has 31 heavy (non-hydrogen) atoms. The van der Waals surface area contributed by atoms with Gasteiger partial charge in [-0.05, 0) is 67.0 Å². The fourth-order valence-electron chi connectivity index (χ4n) is 3.02. The molecule has 0 bridgehead atoms. The zero-order chi connectivity index (χ0) is 23.3. The minimum Gasteiger partial charge on any atom is -0.483 e. The molecule has 9 heteroatoms. The molecule has 8 nitrogen and oxygen atoms in total. The van der Waals surface area contributed by atoms with Crippen LogP contribution in [0, 0.1) is 9.49 Å². The molecule has 0 radical (unpaired) electrons. The quantitative estimate of drug-likeness (QED) is 0.235. The van der Waals surface area contributed by atoms with Crippen LogP contribution in [-0.2, 0) is 20.6 Å². The summed E-state index contributed by atoms with van der Waals surface area (Å²) in [5.41, 5.74) is 0.382. The molecule has 1 aromatic carbocycles. The van der Waals surface area contributed by atoms with Crippen molar-refractivity contribution in [1.29, 1.82) is 0 Å². The highest BCUT2D eigenvalue weighted by Gasteiger charge is 2.31. The van der Waals surface area contributed by atoms with Gasteiger partial charge >= 0.3 is 6.16 Å². The number of halogens is 1. The SMILES string of the molecule is COC1=N[C@H](Cc2cc(C=O)c(OC(=O)OC(C)(C)C)cc2I)C(OC)=N[C@H]1C(C)C. The molecule has 2 atom stereocenters. The second kappa shape index (κ2) is 10.4. The van der Waals surface area contributed by atoms with E-state index in [2.05, 4.69) is 27.6 Å². The average Bonchev–Trinajstić information content (AvgIpc) is 2.67. The van der Waals surface area contributed by atoms with Gasteiger partial charge in [0.2, 0.25) is 11.8 Å². The Bertz CT molecular complexity index is 889. The number of carbonyl (C=O) groups excluding carboxylic acids is 2. The Balaban J connectivity index is 2.31. The van der Waals surface area contributed by atoms with Gasteiger partial charge in [0, 0.05) is 9.99 Å². The number of hydrogen-bond acceptors (Lipinski definition) is 8. The van der Waals surface area contributed by atoms with E-state index in [1.54, 1.807) is 47.1 Å². The molecule has 0 N–H and O–H groups in total. The number of hydrogen-bond donors (Lipinski definition) is 0. The van der Waals surface area contributed by atoms with Crippen LogP contribution in [0.25, 0.3) is 0 Å². The van der Waals surface area contributed by atoms with Gasteiger partial charge in [0.05, 0.1) is 19.8 Å². The Kier molecular flexibility index (Phi) is 8.44. The summed E-state index contributed by atoms with van der Waals surface area (Å²) in [6, 6.07) is 2.72. The lowest BCUT2D eigenvalue weighted by molar-refractivity contribution is 0.0205. The lowest BCUT2D eigenvalue weighted by Gasteiger charge is -2.27. The molecular weight excluding hydrogens is 515 g/mol. The Morgan fingerprint density at radius 2 is 1.81 bits per heavy atom. The Morgan fingerprint density at radius 3 is 2.32 bits per heavy atom. The first-order valence-corrected chi connectivity index (χ1v) is 11.0. The highest BCUT2D eigenvalue weighted by atomic mass is 127. The van der Waals surface area contributed by atoms with Crippen molar-refractivity contribution in [3.8, 4) is 5.75 Å².